The van der Waals surface area contributed by atoms with Gasteiger partial charge in [-0.2, -0.15) is 13.2 Å². The standard InChI is InChI=1S/C15H24F3N3O2/c1-3-11-8-20(10(2)22)6-4-12(11)19-13-5-7-21(14(13)23)9-15(16,17)18/h11-13,19H,3-9H2,1-2H3/t11-,12-,13+/m1/s1. The Morgan fingerprint density at radius 1 is 1.30 bits per heavy atom. The molecule has 0 aromatic rings. The van der Waals surface area contributed by atoms with Gasteiger partial charge >= 0.3 is 6.18 Å². The molecule has 2 fully saturated rings. The van der Waals surface area contributed by atoms with Crippen LogP contribution in [0.5, 0.6) is 0 Å². The second-order valence-electron chi connectivity index (χ2n) is 6.41. The first-order valence-corrected chi connectivity index (χ1v) is 8.08. The van der Waals surface area contributed by atoms with Crippen LogP contribution in [-0.4, -0.2) is 66.1 Å². The molecule has 2 saturated heterocycles. The van der Waals surface area contributed by atoms with Gasteiger partial charge in [0.2, 0.25) is 11.8 Å². The first-order chi connectivity index (χ1) is 10.7. The molecule has 2 aliphatic heterocycles. The van der Waals surface area contributed by atoms with Crippen LogP contribution in [0, 0.1) is 5.92 Å². The Morgan fingerprint density at radius 3 is 2.57 bits per heavy atom. The number of rotatable bonds is 4. The number of halogens is 3. The second-order valence-corrected chi connectivity index (χ2v) is 6.41. The number of hydrogen-bond donors (Lipinski definition) is 1. The van der Waals surface area contributed by atoms with Gasteiger partial charge in [0.1, 0.15) is 6.54 Å². The van der Waals surface area contributed by atoms with Crippen LogP contribution in [0.25, 0.3) is 0 Å². The maximum atomic E-state index is 12.5. The summed E-state index contributed by atoms with van der Waals surface area (Å²) in [5.41, 5.74) is 0. The van der Waals surface area contributed by atoms with E-state index < -0.39 is 24.7 Å². The molecule has 0 unspecified atom stereocenters. The fourth-order valence-corrected chi connectivity index (χ4v) is 3.48. The van der Waals surface area contributed by atoms with Crippen molar-refractivity contribution in [2.24, 2.45) is 5.92 Å². The van der Waals surface area contributed by atoms with E-state index in [1.54, 1.807) is 4.90 Å². The predicted molar refractivity (Wildman–Crippen MR) is 78.6 cm³/mol. The summed E-state index contributed by atoms with van der Waals surface area (Å²) in [6, 6.07) is -0.476. The van der Waals surface area contributed by atoms with Crippen LogP contribution in [0.15, 0.2) is 0 Å². The van der Waals surface area contributed by atoms with Gasteiger partial charge in [-0.1, -0.05) is 13.3 Å². The van der Waals surface area contributed by atoms with Crippen molar-refractivity contribution < 1.29 is 22.8 Å². The normalized spacial score (nSPS) is 29.3. The molecule has 2 rings (SSSR count). The van der Waals surface area contributed by atoms with E-state index in [0.717, 1.165) is 17.7 Å². The molecule has 2 amide bonds. The molecule has 0 aliphatic carbocycles. The average Bonchev–Trinajstić information content (AvgIpc) is 2.78. The number of amides is 2. The molecule has 23 heavy (non-hydrogen) atoms. The Kier molecular flexibility index (Phi) is 5.54. The molecule has 132 valence electrons. The summed E-state index contributed by atoms with van der Waals surface area (Å²) in [6.45, 7) is 3.78. The lowest BCUT2D eigenvalue weighted by molar-refractivity contribution is -0.158. The van der Waals surface area contributed by atoms with Gasteiger partial charge < -0.3 is 15.1 Å². The summed E-state index contributed by atoms with van der Waals surface area (Å²) in [6.07, 6.45) is -2.38. The zero-order chi connectivity index (χ0) is 17.2. The number of piperidine rings is 1. The Labute approximate surface area is 134 Å². The summed E-state index contributed by atoms with van der Waals surface area (Å²) in [4.78, 5) is 26.3. The summed E-state index contributed by atoms with van der Waals surface area (Å²) >= 11 is 0. The third-order valence-corrected chi connectivity index (χ3v) is 4.79. The molecular weight excluding hydrogens is 311 g/mol. The zero-order valence-electron chi connectivity index (χ0n) is 13.5. The summed E-state index contributed by atoms with van der Waals surface area (Å²) < 4.78 is 37.4. The molecule has 5 nitrogen and oxygen atoms in total. The van der Waals surface area contributed by atoms with Crippen molar-refractivity contribution in [3.05, 3.63) is 0 Å². The minimum absolute atomic E-state index is 0.0372. The van der Waals surface area contributed by atoms with Crippen LogP contribution in [-0.2, 0) is 9.59 Å². The topological polar surface area (TPSA) is 52.7 Å². The number of nitrogens with zero attached hydrogens (tertiary/aromatic N) is 2. The molecule has 8 heteroatoms. The van der Waals surface area contributed by atoms with E-state index in [1.165, 1.54) is 6.92 Å². The molecule has 3 atom stereocenters. The molecule has 0 aromatic heterocycles. The maximum absolute atomic E-state index is 12.5. The van der Waals surface area contributed by atoms with Crippen LogP contribution in [0.1, 0.15) is 33.1 Å². The molecule has 2 aliphatic rings. The first-order valence-electron chi connectivity index (χ1n) is 8.08. The quantitative estimate of drug-likeness (QED) is 0.845. The lowest BCUT2D eigenvalue weighted by Crippen LogP contribution is -2.54. The van der Waals surface area contributed by atoms with E-state index in [-0.39, 0.29) is 24.4 Å². The fourth-order valence-electron chi connectivity index (χ4n) is 3.48. The molecule has 0 bridgehead atoms. The summed E-state index contributed by atoms with van der Waals surface area (Å²) in [5, 5.41) is 3.25. The van der Waals surface area contributed by atoms with Crippen LogP contribution < -0.4 is 5.32 Å². The van der Waals surface area contributed by atoms with E-state index in [9.17, 15) is 22.8 Å². The Morgan fingerprint density at radius 2 is 2.00 bits per heavy atom. The van der Waals surface area contributed by atoms with Gasteiger partial charge in [0.25, 0.3) is 0 Å². The Hall–Kier alpha value is -1.31. The van der Waals surface area contributed by atoms with Crippen LogP contribution >= 0.6 is 0 Å². The van der Waals surface area contributed by atoms with Gasteiger partial charge in [-0.05, 0) is 18.8 Å². The minimum atomic E-state index is -4.36. The first kappa shape index (κ1) is 18.0. The van der Waals surface area contributed by atoms with Crippen molar-refractivity contribution in [1.29, 1.82) is 0 Å². The maximum Gasteiger partial charge on any atom is 0.406 e. The van der Waals surface area contributed by atoms with Gasteiger partial charge in [0, 0.05) is 32.6 Å². The van der Waals surface area contributed by atoms with Gasteiger partial charge in [0.05, 0.1) is 6.04 Å². The van der Waals surface area contributed by atoms with E-state index >= 15 is 0 Å². The smallest absolute Gasteiger partial charge is 0.343 e. The van der Waals surface area contributed by atoms with E-state index in [2.05, 4.69) is 5.32 Å². The molecule has 0 spiro atoms. The zero-order valence-corrected chi connectivity index (χ0v) is 13.5. The highest BCUT2D eigenvalue weighted by Gasteiger charge is 2.41. The van der Waals surface area contributed by atoms with Gasteiger partial charge in [-0.25, -0.2) is 0 Å². The van der Waals surface area contributed by atoms with Crippen molar-refractivity contribution >= 4 is 11.8 Å². The molecule has 0 saturated carbocycles. The third-order valence-electron chi connectivity index (χ3n) is 4.79. The molecule has 0 aromatic carbocycles. The summed E-state index contributed by atoms with van der Waals surface area (Å²) in [5.74, 6) is -0.210. The molecule has 0 radical (unpaired) electrons. The largest absolute Gasteiger partial charge is 0.406 e. The van der Waals surface area contributed by atoms with E-state index in [0.29, 0.717) is 19.5 Å². The highest BCUT2D eigenvalue weighted by atomic mass is 19.4. The molecular formula is C15H24F3N3O2. The van der Waals surface area contributed by atoms with Crippen LogP contribution in [0.2, 0.25) is 0 Å². The minimum Gasteiger partial charge on any atom is -0.343 e. The molecule has 1 N–H and O–H groups in total. The number of carbonyl (C=O) groups is 2. The predicted octanol–water partition coefficient (Wildman–Crippen LogP) is 1.39. The number of hydrogen-bond acceptors (Lipinski definition) is 3. The number of likely N-dealkylation sites (tertiary alicyclic amines) is 2. The number of nitrogens with one attached hydrogen (secondary N) is 1. The van der Waals surface area contributed by atoms with E-state index in [4.69, 9.17) is 0 Å². The highest BCUT2D eigenvalue weighted by Crippen LogP contribution is 2.24. The average molecular weight is 335 g/mol. The Balaban J connectivity index is 1.92. The second kappa shape index (κ2) is 7.07. The van der Waals surface area contributed by atoms with Crippen molar-refractivity contribution in [3.63, 3.8) is 0 Å². The van der Waals surface area contributed by atoms with Crippen LogP contribution in [0.4, 0.5) is 13.2 Å². The SMILES string of the molecule is CC[C@@H]1CN(C(C)=O)CC[C@H]1N[C@H]1CCN(CC(F)(F)F)C1=O. The lowest BCUT2D eigenvalue weighted by Gasteiger charge is -2.39. The number of alkyl halides is 3. The monoisotopic (exact) mass is 335 g/mol. The third kappa shape index (κ3) is 4.59. The summed E-state index contributed by atoms with van der Waals surface area (Å²) in [7, 11) is 0. The fraction of sp³-hybridized carbons (Fsp3) is 0.867. The van der Waals surface area contributed by atoms with Gasteiger partial charge in [-0.3, -0.25) is 9.59 Å². The lowest BCUT2D eigenvalue weighted by atomic mass is 9.89. The highest BCUT2D eigenvalue weighted by molar-refractivity contribution is 5.84. The van der Waals surface area contributed by atoms with Crippen molar-refractivity contribution in [2.75, 3.05) is 26.2 Å². The Bertz CT molecular complexity index is 456. The van der Waals surface area contributed by atoms with Crippen molar-refractivity contribution in [3.8, 4) is 0 Å². The van der Waals surface area contributed by atoms with E-state index in [1.807, 2.05) is 6.92 Å². The molecule has 2 heterocycles. The number of carbonyl (C=O) groups excluding carboxylic acids is 2. The van der Waals surface area contributed by atoms with Crippen LogP contribution in [0.3, 0.4) is 0 Å². The van der Waals surface area contributed by atoms with Crippen molar-refractivity contribution in [2.45, 2.75) is 51.4 Å². The van der Waals surface area contributed by atoms with Crippen molar-refractivity contribution in [1.82, 2.24) is 15.1 Å². The van der Waals surface area contributed by atoms with Gasteiger partial charge in [-0.15, -0.1) is 0 Å². The van der Waals surface area contributed by atoms with Gasteiger partial charge in [0.15, 0.2) is 0 Å².